The van der Waals surface area contributed by atoms with E-state index in [4.69, 9.17) is 26.4 Å². The molecule has 0 radical (unpaired) electrons. The fourth-order valence-corrected chi connectivity index (χ4v) is 9.96. The Bertz CT molecular complexity index is 2480. The van der Waals surface area contributed by atoms with Gasteiger partial charge < -0.3 is 39.5 Å². The maximum atomic E-state index is 13.8. The molecule has 6 rings (SSSR count). The SMILES string of the molecule is CO/C(C=c1s/c(=c2/s/c(=C3/SC(=S)N(CC(=O)O)C3=O)n(CC(=O)O)c2=O)n(CC(=O)O)c1=O)=C1\Sc2cc3c(cc2N1CC(=O)O)OCO3. The van der Waals surface area contributed by atoms with Gasteiger partial charge in [-0.1, -0.05) is 35.7 Å². The van der Waals surface area contributed by atoms with E-state index in [-0.39, 0.29) is 45.2 Å². The number of carboxylic acids is 4. The van der Waals surface area contributed by atoms with Crippen LogP contribution in [0, 0.1) is 9.20 Å². The van der Waals surface area contributed by atoms with Crippen molar-refractivity contribution in [2.75, 3.05) is 31.9 Å². The number of thioether (sulfide) groups is 2. The molecule has 1 saturated heterocycles. The molecule has 3 aromatic rings. The number of anilines is 1. The Kier molecular flexibility index (Phi) is 9.73. The molecule has 0 bridgehead atoms. The number of methoxy groups -OCH3 is 1. The molecule has 0 aliphatic carbocycles. The quantitative estimate of drug-likeness (QED) is 0.152. The average Bonchev–Trinajstić information content (AvgIpc) is 3.85. The molecule has 4 N–H and O–H groups in total. The number of thiocarbonyl (C=S) groups is 1. The number of benzene rings is 1. The molecule has 18 nitrogen and oxygen atoms in total. The van der Waals surface area contributed by atoms with Crippen molar-refractivity contribution >= 4 is 109 Å². The number of aliphatic carboxylic acids is 4. The summed E-state index contributed by atoms with van der Waals surface area (Å²) in [7, 11) is 1.28. The summed E-state index contributed by atoms with van der Waals surface area (Å²) in [6.45, 7) is -3.16. The fraction of sp³-hybridized carbons (Fsp3) is 0.214. The number of fused-ring (bicyclic) bond motifs is 2. The smallest absolute Gasteiger partial charge is 0.323 e. The predicted octanol–water partition coefficient (Wildman–Crippen LogP) is -0.336. The Morgan fingerprint density at radius 3 is 2.02 bits per heavy atom. The summed E-state index contributed by atoms with van der Waals surface area (Å²) in [5, 5.41) is 38.4. The van der Waals surface area contributed by atoms with Crippen LogP contribution in [0.25, 0.3) is 11.0 Å². The zero-order valence-corrected chi connectivity index (χ0v) is 29.6. The van der Waals surface area contributed by atoms with E-state index in [9.17, 15) is 54.0 Å². The van der Waals surface area contributed by atoms with Crippen LogP contribution in [0.1, 0.15) is 0 Å². The number of rotatable bonds is 10. The second-order valence-corrected chi connectivity index (χ2v) is 15.0. The van der Waals surface area contributed by atoms with Crippen molar-refractivity contribution < 1.29 is 58.6 Å². The summed E-state index contributed by atoms with van der Waals surface area (Å²) in [5.41, 5.74) is -1.38. The first-order chi connectivity index (χ1) is 24.2. The van der Waals surface area contributed by atoms with Crippen molar-refractivity contribution in [3.63, 3.8) is 0 Å². The molecule has 5 heterocycles. The van der Waals surface area contributed by atoms with Crippen molar-refractivity contribution in [3.05, 3.63) is 62.0 Å². The highest BCUT2D eigenvalue weighted by Gasteiger charge is 2.36. The molecule has 3 aliphatic rings. The van der Waals surface area contributed by atoms with E-state index in [1.165, 1.54) is 18.1 Å². The molecule has 1 fully saturated rings. The Morgan fingerprint density at radius 2 is 1.41 bits per heavy atom. The number of hydrogen-bond acceptors (Lipinski definition) is 16. The van der Waals surface area contributed by atoms with Crippen LogP contribution in [-0.2, 0) is 41.8 Å². The third-order valence-electron chi connectivity index (χ3n) is 7.09. The number of amides is 1. The molecule has 3 aliphatic heterocycles. The van der Waals surface area contributed by atoms with E-state index in [1.807, 2.05) is 0 Å². The van der Waals surface area contributed by atoms with Crippen molar-refractivity contribution in [2.24, 2.45) is 0 Å². The summed E-state index contributed by atoms with van der Waals surface area (Å²) >= 11 is 8.20. The van der Waals surface area contributed by atoms with Gasteiger partial charge in [0.2, 0.25) is 6.79 Å². The third-order valence-corrected chi connectivity index (χ3v) is 12.3. The van der Waals surface area contributed by atoms with Gasteiger partial charge in [-0.15, -0.1) is 22.7 Å². The molecule has 0 saturated carbocycles. The normalized spacial score (nSPS) is 18.0. The average molecular weight is 797 g/mol. The van der Waals surface area contributed by atoms with Gasteiger partial charge in [-0.05, 0) is 0 Å². The Hall–Kier alpha value is -5.10. The highest BCUT2D eigenvalue weighted by Crippen LogP contribution is 2.52. The number of carbonyl (C=O) groups excluding carboxylic acids is 1. The van der Waals surface area contributed by atoms with Gasteiger partial charge in [0.05, 0.1) is 17.3 Å². The van der Waals surface area contributed by atoms with Crippen LogP contribution in [-0.4, -0.2) is 95.6 Å². The topological polar surface area (TPSA) is 244 Å². The minimum absolute atomic E-state index is 0.0108. The monoisotopic (exact) mass is 796 g/mol. The van der Waals surface area contributed by atoms with Crippen molar-refractivity contribution in [2.45, 2.75) is 18.0 Å². The van der Waals surface area contributed by atoms with Crippen molar-refractivity contribution in [1.82, 2.24) is 14.0 Å². The Balaban J connectivity index is 1.62. The van der Waals surface area contributed by atoms with Crippen LogP contribution in [0.4, 0.5) is 5.69 Å². The molecule has 266 valence electrons. The van der Waals surface area contributed by atoms with Gasteiger partial charge >= 0.3 is 23.9 Å². The highest BCUT2D eigenvalue weighted by molar-refractivity contribution is 8.30. The van der Waals surface area contributed by atoms with Gasteiger partial charge in [0.15, 0.2) is 17.3 Å². The van der Waals surface area contributed by atoms with E-state index in [1.54, 1.807) is 12.1 Å². The summed E-state index contributed by atoms with van der Waals surface area (Å²) < 4.78 is 17.1. The Labute approximate surface area is 304 Å². The first kappa shape index (κ1) is 35.7. The first-order valence-electron chi connectivity index (χ1n) is 14.0. The lowest BCUT2D eigenvalue weighted by atomic mass is 10.2. The molecule has 1 aromatic carbocycles. The lowest BCUT2D eigenvalue weighted by molar-refractivity contribution is -0.140. The molecule has 23 heteroatoms. The summed E-state index contributed by atoms with van der Waals surface area (Å²) in [4.78, 5) is 90.2. The largest absolute Gasteiger partial charge is 0.494 e. The zero-order valence-electron chi connectivity index (χ0n) is 25.5. The molecule has 2 aromatic heterocycles. The minimum Gasteiger partial charge on any atom is -0.494 e. The number of allylic oxidation sites excluding steroid dienone is 1. The molecule has 0 spiro atoms. The van der Waals surface area contributed by atoms with Crippen LogP contribution >= 0.6 is 58.4 Å². The second-order valence-electron chi connectivity index (χ2n) is 10.3. The van der Waals surface area contributed by atoms with Gasteiger partial charge in [0, 0.05) is 23.1 Å². The standard InChI is InChI=1S/C28H20N4O14S5/c1-44-13(25-29(5-16(33)34)10-2-11-12(46-9-45-11)3-14(10)48-25)4-15-22(41)30(6-17(35)36)26(49-15)20-23(42)31(7-18(37)38)27(50-20)21-24(43)32(8-19(39)40)28(47)51-21/h2-4H,5-9H2,1H3,(H,33,34)(H,35,36)(H,37,38)(H,39,40)/b15-4?,25-13-,26-20+,27-21+. The van der Waals surface area contributed by atoms with E-state index in [0.717, 1.165) is 25.8 Å². The lowest BCUT2D eigenvalue weighted by Gasteiger charge is -2.19. The van der Waals surface area contributed by atoms with Crippen LogP contribution < -0.4 is 34.7 Å². The maximum Gasteiger partial charge on any atom is 0.323 e. The summed E-state index contributed by atoms with van der Waals surface area (Å²) in [6.07, 6.45) is 1.26. The van der Waals surface area contributed by atoms with Crippen LogP contribution in [0.2, 0.25) is 0 Å². The van der Waals surface area contributed by atoms with Gasteiger partial charge in [-0.2, -0.15) is 0 Å². The first-order valence-corrected chi connectivity index (χ1v) is 17.6. The van der Waals surface area contributed by atoms with Gasteiger partial charge in [-0.3, -0.25) is 47.6 Å². The van der Waals surface area contributed by atoms with Gasteiger partial charge in [0.25, 0.3) is 17.0 Å². The number of aromatic nitrogens is 2. The maximum absolute atomic E-state index is 13.8. The number of thiazole rings is 2. The number of hydrogen-bond donors (Lipinski definition) is 4. The van der Waals surface area contributed by atoms with Crippen LogP contribution in [0.5, 0.6) is 11.5 Å². The molecular weight excluding hydrogens is 777 g/mol. The third kappa shape index (κ3) is 6.72. The van der Waals surface area contributed by atoms with Crippen LogP contribution in [0.15, 0.2) is 37.4 Å². The summed E-state index contributed by atoms with van der Waals surface area (Å²) in [5.74, 6) is -5.52. The lowest BCUT2D eigenvalue weighted by Crippen LogP contribution is -2.35. The van der Waals surface area contributed by atoms with Crippen molar-refractivity contribution in [3.8, 4) is 11.5 Å². The van der Waals surface area contributed by atoms with E-state index >= 15 is 0 Å². The molecule has 0 atom stereocenters. The van der Waals surface area contributed by atoms with Gasteiger partial charge in [-0.25, -0.2) is 0 Å². The molecule has 1 amide bonds. The number of ether oxygens (including phenoxy) is 3. The number of carboxylic acid groups (broad SMARTS) is 4. The highest BCUT2D eigenvalue weighted by atomic mass is 32.2. The van der Waals surface area contributed by atoms with E-state index in [2.05, 4.69) is 0 Å². The molecule has 0 unspecified atom stereocenters. The predicted molar refractivity (Wildman–Crippen MR) is 184 cm³/mol. The summed E-state index contributed by atoms with van der Waals surface area (Å²) in [6, 6.07) is 3.27. The molecule has 51 heavy (non-hydrogen) atoms. The van der Waals surface area contributed by atoms with Crippen molar-refractivity contribution in [1.29, 1.82) is 0 Å². The van der Waals surface area contributed by atoms with E-state index in [0.29, 0.717) is 56.5 Å². The van der Waals surface area contributed by atoms with E-state index < -0.39 is 67.1 Å². The Morgan fingerprint density at radius 1 is 0.824 bits per heavy atom. The second kappa shape index (κ2) is 13.9. The molecular formula is C28H20N4O14S5. The fourth-order valence-electron chi connectivity index (χ4n) is 5.04. The number of carbonyl (C=O) groups is 5. The van der Waals surface area contributed by atoms with Crippen LogP contribution in [0.3, 0.4) is 0 Å². The number of nitrogens with zero attached hydrogens (tertiary/aromatic N) is 4. The zero-order chi connectivity index (χ0) is 36.9. The minimum atomic E-state index is -1.47. The van der Waals surface area contributed by atoms with Gasteiger partial charge in [0.1, 0.15) is 54.3 Å².